The van der Waals surface area contributed by atoms with Crippen molar-refractivity contribution in [2.45, 2.75) is 23.7 Å². The fraction of sp³-hybridized carbons (Fsp3) is 0.167. The number of aromatic nitrogens is 2. The highest BCUT2D eigenvalue weighted by Crippen LogP contribution is 2.43. The lowest BCUT2D eigenvalue weighted by Gasteiger charge is -2.55. The van der Waals surface area contributed by atoms with E-state index in [0.29, 0.717) is 9.13 Å². The lowest BCUT2D eigenvalue weighted by molar-refractivity contribution is -0.148. The fourth-order valence-corrected chi connectivity index (χ4v) is 8.87. The Morgan fingerprint density at radius 2 is 1.30 bits per heavy atom. The molecule has 1 saturated heterocycles. The second-order valence-corrected chi connectivity index (χ2v) is 15.6. The number of benzene rings is 4. The van der Waals surface area contributed by atoms with Gasteiger partial charge < -0.3 is 53.5 Å². The van der Waals surface area contributed by atoms with Crippen molar-refractivity contribution in [2.75, 3.05) is 20.0 Å². The molecule has 22 nitrogen and oxygen atoms in total. The Hall–Kier alpha value is -8.15. The first-order valence-corrected chi connectivity index (χ1v) is 20.5. The van der Waals surface area contributed by atoms with Crippen molar-refractivity contribution in [1.29, 1.82) is 0 Å². The molecule has 2 unspecified atom stereocenters. The number of thioether (sulfide) groups is 1. The Morgan fingerprint density at radius 3 is 1.80 bits per heavy atom. The summed E-state index contributed by atoms with van der Waals surface area (Å²) in [4.78, 5) is 121. The Bertz CT molecular complexity index is 3160. The molecule has 8 rings (SSSR count). The number of carbonyl (C=O) groups is 5. The number of aliphatic carboxylic acids is 1. The minimum atomic E-state index is -1.54. The number of para-hydroxylation sites is 2. The van der Waals surface area contributed by atoms with Crippen LogP contribution >= 0.6 is 23.4 Å². The summed E-state index contributed by atoms with van der Waals surface area (Å²) in [7, 11) is 2.05. The van der Waals surface area contributed by atoms with Crippen molar-refractivity contribution in [3.63, 3.8) is 0 Å². The number of nitrogens with zero attached hydrogens (tertiary/aromatic N) is 3. The molecular weight excluding hydrogens is 914 g/mol. The zero-order valence-corrected chi connectivity index (χ0v) is 35.3. The van der Waals surface area contributed by atoms with Gasteiger partial charge in [0.1, 0.15) is 23.2 Å². The van der Waals surface area contributed by atoms with Gasteiger partial charge in [-0.25, -0.2) is 33.1 Å². The van der Waals surface area contributed by atoms with Gasteiger partial charge in [0.05, 0.1) is 41.4 Å². The van der Waals surface area contributed by atoms with E-state index in [1.165, 1.54) is 48.5 Å². The number of carboxylic acid groups (broad SMARTS) is 1. The van der Waals surface area contributed by atoms with Crippen molar-refractivity contribution in [1.82, 2.24) is 24.7 Å². The molecule has 66 heavy (non-hydrogen) atoms. The smallest absolute Gasteiger partial charge is 0.477 e. The summed E-state index contributed by atoms with van der Waals surface area (Å²) in [5.41, 5.74) is -4.55. The number of carbonyl (C=O) groups excluding carboxylic acids is 4. The molecule has 1 fully saturated rings. The van der Waals surface area contributed by atoms with Crippen molar-refractivity contribution in [3.05, 3.63) is 149 Å². The van der Waals surface area contributed by atoms with Gasteiger partial charge in [0.25, 0.3) is 17.0 Å². The summed E-state index contributed by atoms with van der Waals surface area (Å²) in [6.07, 6.45) is -3.92. The summed E-state index contributed by atoms with van der Waals surface area (Å²) >= 11 is 7.31. The molecule has 4 N–H and O–H groups in total. The van der Waals surface area contributed by atoms with Gasteiger partial charge >= 0.3 is 29.8 Å². The maximum Gasteiger partial charge on any atom is 0.513 e. The van der Waals surface area contributed by atoms with E-state index in [0.717, 1.165) is 49.1 Å². The van der Waals surface area contributed by atoms with Crippen molar-refractivity contribution in [2.24, 2.45) is 0 Å². The quantitative estimate of drug-likeness (QED) is 0.113. The minimum absolute atomic E-state index is 0.00860. The number of amides is 2. The third kappa shape index (κ3) is 8.01. The van der Waals surface area contributed by atoms with Gasteiger partial charge in [-0.05, 0) is 48.0 Å². The van der Waals surface area contributed by atoms with Crippen LogP contribution in [0, 0.1) is 0 Å². The van der Waals surface area contributed by atoms with Crippen molar-refractivity contribution < 1.29 is 62.0 Å². The van der Waals surface area contributed by atoms with Crippen LogP contribution in [0.25, 0.3) is 33.3 Å². The summed E-state index contributed by atoms with van der Waals surface area (Å²) in [6, 6.07) is 15.8. The van der Waals surface area contributed by atoms with Crippen LogP contribution in [0.3, 0.4) is 0 Å². The molecule has 2 aromatic heterocycles. The molecule has 0 aliphatic carbocycles. The standard InChI is InChI=1S/C42H30ClN5O17S/c1-60-41(58)62-25-12-6-10-22-30(25)64-39(56)46(34(22)51)20-14-19(15-21(16-20)47-35(52)23-11-7-13-26(63-42(59)61-2)31(23)65-40(47)57)32(49)44-27(18-8-4-3-5-9-18)33(50)45-28-36(53)48-29(38(54)55)24(43)17-66-37(28)48/h3-16,27-28,36-37,53H,17H2,1-2H3,(H,44,49)(H,45,50)(H,54,55)/t27-,28-,36?,37?/m1/s1. The van der Waals surface area contributed by atoms with Gasteiger partial charge in [0.2, 0.25) is 5.91 Å². The lowest BCUT2D eigenvalue weighted by atomic mass is 10.0. The monoisotopic (exact) mass is 943 g/mol. The Balaban J connectivity index is 1.24. The molecule has 0 saturated carbocycles. The molecule has 0 spiro atoms. The largest absolute Gasteiger partial charge is 0.513 e. The summed E-state index contributed by atoms with van der Waals surface area (Å²) < 4.78 is 30.9. The highest BCUT2D eigenvalue weighted by Gasteiger charge is 2.54. The lowest BCUT2D eigenvalue weighted by Crippen LogP contribution is -2.73. The van der Waals surface area contributed by atoms with Crippen LogP contribution in [0.1, 0.15) is 22.0 Å². The van der Waals surface area contributed by atoms with Gasteiger partial charge in [-0.3, -0.25) is 19.2 Å². The SMILES string of the molecule is COC(=O)Oc1cccc2c(=O)n(-c3cc(C(=O)N[C@@H](C(=O)N[C@@H]4C(O)N5C(C(=O)O)=C(Cl)CSC45)c4ccccc4)cc(-n4c(=O)oc5c(OC(=O)OC)cccc5c4=O)c3)c(=O)oc12. The van der Waals surface area contributed by atoms with E-state index >= 15 is 0 Å². The number of ether oxygens (including phenoxy) is 4. The van der Waals surface area contributed by atoms with Gasteiger partial charge in [0.15, 0.2) is 28.9 Å². The normalized spacial score (nSPS) is 17.0. The van der Waals surface area contributed by atoms with Crippen LogP contribution < -0.4 is 42.7 Å². The molecule has 0 bridgehead atoms. The molecule has 338 valence electrons. The van der Waals surface area contributed by atoms with Crippen LogP contribution in [-0.4, -0.2) is 92.0 Å². The highest BCUT2D eigenvalue weighted by atomic mass is 35.5. The maximum atomic E-state index is 14.5. The van der Waals surface area contributed by atoms with Crippen LogP contribution in [0.4, 0.5) is 9.59 Å². The Morgan fingerprint density at radius 1 is 0.773 bits per heavy atom. The van der Waals surface area contributed by atoms with E-state index in [2.05, 4.69) is 20.1 Å². The van der Waals surface area contributed by atoms with E-state index in [9.17, 15) is 53.4 Å². The molecule has 0 radical (unpaired) electrons. The summed E-state index contributed by atoms with van der Waals surface area (Å²) in [5, 5.41) is 24.6. The van der Waals surface area contributed by atoms with E-state index in [4.69, 9.17) is 29.9 Å². The summed E-state index contributed by atoms with van der Waals surface area (Å²) in [5.74, 6) is -6.75. The molecule has 4 aromatic carbocycles. The predicted octanol–water partition coefficient (Wildman–Crippen LogP) is 2.69. The number of carboxylic acids is 1. The summed E-state index contributed by atoms with van der Waals surface area (Å²) in [6.45, 7) is 0. The van der Waals surface area contributed by atoms with Gasteiger partial charge in [-0.1, -0.05) is 54.1 Å². The molecular formula is C42H30ClN5O17S. The average molecular weight is 944 g/mol. The highest BCUT2D eigenvalue weighted by molar-refractivity contribution is 8.00. The number of fused-ring (bicyclic) bond motifs is 3. The van der Waals surface area contributed by atoms with Gasteiger partial charge in [-0.2, -0.15) is 0 Å². The number of nitrogens with one attached hydrogen (secondary N) is 2. The third-order valence-corrected chi connectivity index (χ3v) is 12.0. The minimum Gasteiger partial charge on any atom is -0.477 e. The molecule has 4 atom stereocenters. The van der Waals surface area contributed by atoms with Crippen LogP contribution in [-0.2, 0) is 19.1 Å². The van der Waals surface area contributed by atoms with E-state index in [1.807, 2.05) is 0 Å². The molecule has 2 aliphatic heterocycles. The van der Waals surface area contributed by atoms with Crippen LogP contribution in [0.2, 0.25) is 0 Å². The molecule has 6 aromatic rings. The zero-order valence-electron chi connectivity index (χ0n) is 33.7. The van der Waals surface area contributed by atoms with E-state index < -0.39 is 105 Å². The first-order valence-electron chi connectivity index (χ1n) is 19.0. The maximum absolute atomic E-state index is 14.5. The molecule has 24 heteroatoms. The van der Waals surface area contributed by atoms with Gasteiger partial charge in [-0.15, -0.1) is 11.8 Å². The predicted molar refractivity (Wildman–Crippen MR) is 229 cm³/mol. The van der Waals surface area contributed by atoms with Crippen LogP contribution in [0.15, 0.2) is 124 Å². The number of methoxy groups -OCH3 is 2. The van der Waals surface area contributed by atoms with Gasteiger partial charge in [0, 0.05) is 11.3 Å². The first-order chi connectivity index (χ1) is 31.6. The zero-order chi connectivity index (χ0) is 47.1. The number of aliphatic hydroxyl groups is 1. The third-order valence-electron chi connectivity index (χ3n) is 10.2. The second kappa shape index (κ2) is 17.8. The van der Waals surface area contributed by atoms with E-state index in [1.54, 1.807) is 18.2 Å². The Kier molecular flexibility index (Phi) is 12.0. The molecule has 2 amide bonds. The number of rotatable bonds is 10. The number of hydrogen-bond acceptors (Lipinski definition) is 18. The second-order valence-electron chi connectivity index (χ2n) is 14.1. The first kappa shape index (κ1) is 44.5. The molecule has 2 aliphatic rings. The number of halogens is 1. The Labute approximate surface area is 376 Å². The number of aliphatic hydroxyl groups excluding tert-OH is 1. The number of hydrogen-bond donors (Lipinski definition) is 4. The van der Waals surface area contributed by atoms with E-state index in [-0.39, 0.29) is 44.3 Å². The van der Waals surface area contributed by atoms with Crippen LogP contribution in [0.5, 0.6) is 11.5 Å². The van der Waals surface area contributed by atoms with Crippen molar-refractivity contribution in [3.8, 4) is 22.9 Å². The molecule has 4 heterocycles. The average Bonchev–Trinajstić information content (AvgIpc) is 3.30. The topological polar surface area (TPSA) is 294 Å². The van der Waals surface area contributed by atoms with Crippen molar-refractivity contribution >= 4 is 75.4 Å². The fourth-order valence-electron chi connectivity index (χ4n) is 7.24.